The van der Waals surface area contributed by atoms with E-state index in [-0.39, 0.29) is 11.4 Å². The first-order chi connectivity index (χ1) is 7.95. The van der Waals surface area contributed by atoms with Gasteiger partial charge in [0, 0.05) is 17.4 Å². The third kappa shape index (κ3) is 4.48. The van der Waals surface area contributed by atoms with Crippen molar-refractivity contribution in [3.63, 3.8) is 0 Å². The van der Waals surface area contributed by atoms with E-state index in [1.807, 2.05) is 45.2 Å². The molecule has 0 spiro atoms. The third-order valence-corrected chi connectivity index (χ3v) is 3.15. The molecule has 0 aliphatic carbocycles. The molecule has 0 heterocycles. The molecule has 94 valence electrons. The Labute approximate surface area is 111 Å². The van der Waals surface area contributed by atoms with Crippen LogP contribution in [-0.2, 0) is 10.3 Å². The Hall–Kier alpha value is -0.870. The van der Waals surface area contributed by atoms with Gasteiger partial charge in [-0.1, -0.05) is 28.1 Å². The molecule has 0 fully saturated rings. The number of carbonyl (C=O) groups excluding carboxylic acids is 1. The minimum absolute atomic E-state index is 0.0623. The van der Waals surface area contributed by atoms with E-state index in [9.17, 15) is 4.79 Å². The van der Waals surface area contributed by atoms with Gasteiger partial charge in [0.25, 0.3) is 0 Å². The van der Waals surface area contributed by atoms with Crippen molar-refractivity contribution in [3.05, 3.63) is 34.3 Å². The smallest absolute Gasteiger partial charge is 0.221 e. The van der Waals surface area contributed by atoms with E-state index in [1.165, 1.54) is 0 Å². The zero-order chi connectivity index (χ0) is 12.9. The van der Waals surface area contributed by atoms with Crippen LogP contribution in [0.25, 0.3) is 0 Å². The van der Waals surface area contributed by atoms with Gasteiger partial charge in [0.05, 0.1) is 5.54 Å². The molecule has 1 aromatic carbocycles. The van der Waals surface area contributed by atoms with Gasteiger partial charge in [-0.2, -0.15) is 0 Å². The summed E-state index contributed by atoms with van der Waals surface area (Å²) in [5.41, 5.74) is 0.754. The molecule has 0 saturated heterocycles. The molecule has 0 aromatic heterocycles. The van der Waals surface area contributed by atoms with Crippen molar-refractivity contribution in [1.82, 2.24) is 10.6 Å². The SMILES string of the molecule is CNCCC(=O)NC(C)(C)c1ccc(Br)cc1. The van der Waals surface area contributed by atoms with Crippen LogP contribution in [0.2, 0.25) is 0 Å². The summed E-state index contributed by atoms with van der Waals surface area (Å²) >= 11 is 3.40. The van der Waals surface area contributed by atoms with Crippen LogP contribution in [0, 0.1) is 0 Å². The van der Waals surface area contributed by atoms with Crippen molar-refractivity contribution in [3.8, 4) is 0 Å². The first-order valence-electron chi connectivity index (χ1n) is 5.67. The molecule has 2 N–H and O–H groups in total. The molecule has 0 unspecified atom stereocenters. The van der Waals surface area contributed by atoms with Crippen LogP contribution in [0.3, 0.4) is 0 Å². The number of benzene rings is 1. The summed E-state index contributed by atoms with van der Waals surface area (Å²) in [5.74, 6) is 0.0623. The highest BCUT2D eigenvalue weighted by atomic mass is 79.9. The van der Waals surface area contributed by atoms with Crippen molar-refractivity contribution in [1.29, 1.82) is 0 Å². The number of carbonyl (C=O) groups is 1. The number of amides is 1. The highest BCUT2D eigenvalue weighted by Crippen LogP contribution is 2.22. The summed E-state index contributed by atoms with van der Waals surface area (Å²) in [6.07, 6.45) is 0.496. The molecule has 0 aliphatic rings. The maximum atomic E-state index is 11.7. The van der Waals surface area contributed by atoms with Gasteiger partial charge in [0.15, 0.2) is 0 Å². The fraction of sp³-hybridized carbons (Fsp3) is 0.462. The molecule has 0 atom stereocenters. The summed E-state index contributed by atoms with van der Waals surface area (Å²) in [6.45, 7) is 4.71. The van der Waals surface area contributed by atoms with E-state index >= 15 is 0 Å². The second kappa shape index (κ2) is 6.17. The fourth-order valence-electron chi connectivity index (χ4n) is 1.59. The second-order valence-corrected chi connectivity index (χ2v) is 5.45. The van der Waals surface area contributed by atoms with E-state index < -0.39 is 0 Å². The molecular formula is C13H19BrN2O. The average Bonchev–Trinajstić information content (AvgIpc) is 2.26. The minimum atomic E-state index is -0.342. The van der Waals surface area contributed by atoms with Crippen molar-refractivity contribution in [2.75, 3.05) is 13.6 Å². The summed E-state index contributed by atoms with van der Waals surface area (Å²) in [4.78, 5) is 11.7. The lowest BCUT2D eigenvalue weighted by Gasteiger charge is -2.27. The molecule has 3 nitrogen and oxygen atoms in total. The lowest BCUT2D eigenvalue weighted by Crippen LogP contribution is -2.41. The zero-order valence-corrected chi connectivity index (χ0v) is 12.1. The van der Waals surface area contributed by atoms with Gasteiger partial charge >= 0.3 is 0 Å². The highest BCUT2D eigenvalue weighted by molar-refractivity contribution is 9.10. The van der Waals surface area contributed by atoms with Crippen molar-refractivity contribution in [2.45, 2.75) is 25.8 Å². The van der Waals surface area contributed by atoms with Gasteiger partial charge in [0.1, 0.15) is 0 Å². The van der Waals surface area contributed by atoms with Gasteiger partial charge in [-0.3, -0.25) is 4.79 Å². The number of hydrogen-bond acceptors (Lipinski definition) is 2. The Morgan fingerprint density at radius 1 is 1.29 bits per heavy atom. The summed E-state index contributed by atoms with van der Waals surface area (Å²) < 4.78 is 1.04. The van der Waals surface area contributed by atoms with Gasteiger partial charge in [0.2, 0.25) is 5.91 Å². The van der Waals surface area contributed by atoms with Crippen molar-refractivity contribution in [2.24, 2.45) is 0 Å². The molecule has 1 aromatic rings. The Morgan fingerprint density at radius 3 is 2.41 bits per heavy atom. The first-order valence-corrected chi connectivity index (χ1v) is 6.46. The van der Waals surface area contributed by atoms with Gasteiger partial charge in [-0.15, -0.1) is 0 Å². The zero-order valence-electron chi connectivity index (χ0n) is 10.5. The Morgan fingerprint density at radius 2 is 1.88 bits per heavy atom. The number of halogens is 1. The van der Waals surface area contributed by atoms with E-state index in [4.69, 9.17) is 0 Å². The van der Waals surface area contributed by atoms with E-state index in [1.54, 1.807) is 0 Å². The third-order valence-electron chi connectivity index (χ3n) is 2.62. The van der Waals surface area contributed by atoms with Crippen LogP contribution in [0.5, 0.6) is 0 Å². The van der Waals surface area contributed by atoms with Crippen LogP contribution in [-0.4, -0.2) is 19.5 Å². The largest absolute Gasteiger partial charge is 0.347 e. The molecular weight excluding hydrogens is 280 g/mol. The molecule has 0 saturated carbocycles. The molecule has 0 bridgehead atoms. The monoisotopic (exact) mass is 298 g/mol. The van der Waals surface area contributed by atoms with Crippen molar-refractivity contribution >= 4 is 21.8 Å². The summed E-state index contributed by atoms with van der Waals surface area (Å²) in [5, 5.41) is 6.00. The standard InChI is InChI=1S/C13H19BrN2O/c1-13(2,16-12(17)8-9-15-3)10-4-6-11(14)7-5-10/h4-7,15H,8-9H2,1-3H3,(H,16,17). The van der Waals surface area contributed by atoms with Gasteiger partial charge in [-0.25, -0.2) is 0 Å². The highest BCUT2D eigenvalue weighted by Gasteiger charge is 2.22. The normalized spacial score (nSPS) is 11.3. The molecule has 0 aliphatic heterocycles. The predicted octanol–water partition coefficient (Wildman–Crippen LogP) is 2.41. The molecule has 17 heavy (non-hydrogen) atoms. The van der Waals surface area contributed by atoms with E-state index in [2.05, 4.69) is 26.6 Å². The molecule has 0 radical (unpaired) electrons. The maximum absolute atomic E-state index is 11.7. The van der Waals surface area contributed by atoms with E-state index in [0.717, 1.165) is 10.0 Å². The average molecular weight is 299 g/mol. The Balaban J connectivity index is 2.67. The topological polar surface area (TPSA) is 41.1 Å². The lowest BCUT2D eigenvalue weighted by atomic mass is 9.94. The molecule has 1 amide bonds. The maximum Gasteiger partial charge on any atom is 0.221 e. The number of nitrogens with one attached hydrogen (secondary N) is 2. The first kappa shape index (κ1) is 14.2. The van der Waals surface area contributed by atoms with Gasteiger partial charge in [-0.05, 0) is 38.6 Å². The summed E-state index contributed by atoms with van der Waals surface area (Å²) in [6, 6.07) is 8.00. The second-order valence-electron chi connectivity index (χ2n) is 4.53. The predicted molar refractivity (Wildman–Crippen MR) is 73.9 cm³/mol. The number of hydrogen-bond donors (Lipinski definition) is 2. The van der Waals surface area contributed by atoms with Crippen molar-refractivity contribution < 1.29 is 4.79 Å². The quantitative estimate of drug-likeness (QED) is 0.876. The Bertz CT molecular complexity index is 374. The lowest BCUT2D eigenvalue weighted by molar-refractivity contribution is -0.122. The molecule has 4 heteroatoms. The van der Waals surface area contributed by atoms with Crippen LogP contribution >= 0.6 is 15.9 Å². The van der Waals surface area contributed by atoms with Gasteiger partial charge < -0.3 is 10.6 Å². The summed E-state index contributed by atoms with van der Waals surface area (Å²) in [7, 11) is 1.84. The minimum Gasteiger partial charge on any atom is -0.347 e. The number of rotatable bonds is 5. The van der Waals surface area contributed by atoms with E-state index in [0.29, 0.717) is 13.0 Å². The molecule has 1 rings (SSSR count). The fourth-order valence-corrected chi connectivity index (χ4v) is 1.85. The Kier molecular flexibility index (Phi) is 5.15. The van der Waals surface area contributed by atoms with Crippen LogP contribution in [0.4, 0.5) is 0 Å². The van der Waals surface area contributed by atoms with Crippen LogP contribution < -0.4 is 10.6 Å². The van der Waals surface area contributed by atoms with Crippen LogP contribution in [0.15, 0.2) is 28.7 Å². The van der Waals surface area contributed by atoms with Crippen LogP contribution in [0.1, 0.15) is 25.8 Å².